The summed E-state index contributed by atoms with van der Waals surface area (Å²) in [5, 5.41) is 8.61. The van der Waals surface area contributed by atoms with Crippen LogP contribution in [0.5, 0.6) is 0 Å². The number of carbonyl (C=O) groups is 1. The fourth-order valence-electron chi connectivity index (χ4n) is 3.27. The highest BCUT2D eigenvalue weighted by atomic mass is 32.2. The summed E-state index contributed by atoms with van der Waals surface area (Å²) in [5.41, 5.74) is 2.35. The topological polar surface area (TPSA) is 86.7 Å². The summed E-state index contributed by atoms with van der Waals surface area (Å²) in [6.07, 6.45) is 2.12. The van der Waals surface area contributed by atoms with Gasteiger partial charge in [-0.2, -0.15) is 4.72 Å². The molecule has 1 aliphatic heterocycles. The first-order valence-electron chi connectivity index (χ1n) is 8.57. The van der Waals surface area contributed by atoms with Crippen molar-refractivity contribution in [3.05, 3.63) is 60.2 Å². The fraction of sp³-hybridized carbons (Fsp3) is 0.316. The van der Waals surface area contributed by atoms with E-state index in [0.717, 1.165) is 31.6 Å². The van der Waals surface area contributed by atoms with Gasteiger partial charge in [0.2, 0.25) is 10.0 Å². The molecule has 7 heteroatoms. The van der Waals surface area contributed by atoms with Crippen molar-refractivity contribution in [1.29, 1.82) is 0 Å². The van der Waals surface area contributed by atoms with E-state index in [2.05, 4.69) is 33.9 Å². The lowest BCUT2D eigenvalue weighted by Gasteiger charge is -2.34. The number of anilines is 1. The van der Waals surface area contributed by atoms with Gasteiger partial charge in [-0.15, -0.1) is 0 Å². The maximum atomic E-state index is 12.0. The minimum atomic E-state index is -3.80. The van der Waals surface area contributed by atoms with E-state index in [9.17, 15) is 13.2 Å². The largest absolute Gasteiger partial charge is 0.480 e. The lowest BCUT2D eigenvalue weighted by atomic mass is 9.89. The van der Waals surface area contributed by atoms with Crippen LogP contribution in [0.25, 0.3) is 0 Å². The molecular formula is C19H22N2O4S. The third-order valence-corrected chi connectivity index (χ3v) is 6.11. The number of benzene rings is 2. The predicted molar refractivity (Wildman–Crippen MR) is 99.9 cm³/mol. The Morgan fingerprint density at radius 3 is 2.23 bits per heavy atom. The highest BCUT2D eigenvalue weighted by molar-refractivity contribution is 7.89. The van der Waals surface area contributed by atoms with E-state index in [1.165, 1.54) is 17.7 Å². The van der Waals surface area contributed by atoms with Gasteiger partial charge in [0.1, 0.15) is 6.54 Å². The monoisotopic (exact) mass is 374 g/mol. The molecule has 0 atom stereocenters. The van der Waals surface area contributed by atoms with Gasteiger partial charge in [-0.3, -0.25) is 4.79 Å². The molecule has 0 saturated carbocycles. The molecule has 0 bridgehead atoms. The second kappa shape index (κ2) is 7.88. The summed E-state index contributed by atoms with van der Waals surface area (Å²) in [6, 6.07) is 17.1. The van der Waals surface area contributed by atoms with Crippen LogP contribution in [-0.2, 0) is 14.8 Å². The van der Waals surface area contributed by atoms with Gasteiger partial charge in [0.25, 0.3) is 0 Å². The van der Waals surface area contributed by atoms with Crippen molar-refractivity contribution in [2.24, 2.45) is 0 Å². The van der Waals surface area contributed by atoms with Crippen molar-refractivity contribution < 1.29 is 18.3 Å². The number of hydrogen-bond acceptors (Lipinski definition) is 4. The Bertz CT molecular complexity index is 843. The molecule has 26 heavy (non-hydrogen) atoms. The van der Waals surface area contributed by atoms with E-state index in [-0.39, 0.29) is 4.90 Å². The van der Waals surface area contributed by atoms with Crippen LogP contribution < -0.4 is 9.62 Å². The van der Waals surface area contributed by atoms with Crippen LogP contribution in [0.3, 0.4) is 0 Å². The summed E-state index contributed by atoms with van der Waals surface area (Å²) in [4.78, 5) is 12.9. The molecule has 0 amide bonds. The van der Waals surface area contributed by atoms with Gasteiger partial charge < -0.3 is 10.0 Å². The number of piperidine rings is 1. The molecule has 1 fully saturated rings. The van der Waals surface area contributed by atoms with E-state index in [4.69, 9.17) is 5.11 Å². The van der Waals surface area contributed by atoms with Crippen LogP contribution in [-0.4, -0.2) is 39.1 Å². The lowest BCUT2D eigenvalue weighted by Crippen LogP contribution is -2.33. The maximum Gasteiger partial charge on any atom is 0.318 e. The van der Waals surface area contributed by atoms with Crippen LogP contribution in [0.15, 0.2) is 59.5 Å². The Kier molecular flexibility index (Phi) is 5.58. The normalized spacial score (nSPS) is 15.8. The van der Waals surface area contributed by atoms with Crippen LogP contribution in [0.4, 0.5) is 5.69 Å². The van der Waals surface area contributed by atoms with Gasteiger partial charge >= 0.3 is 5.97 Å². The molecule has 6 nitrogen and oxygen atoms in total. The lowest BCUT2D eigenvalue weighted by molar-refractivity contribution is -0.135. The number of sulfonamides is 1. The van der Waals surface area contributed by atoms with Gasteiger partial charge in [0.15, 0.2) is 0 Å². The quantitative estimate of drug-likeness (QED) is 0.811. The molecule has 2 aromatic rings. The second-order valence-corrected chi connectivity index (χ2v) is 8.15. The Morgan fingerprint density at radius 1 is 1.04 bits per heavy atom. The predicted octanol–water partition coefficient (Wildman–Crippen LogP) is 2.43. The summed E-state index contributed by atoms with van der Waals surface area (Å²) >= 11 is 0. The van der Waals surface area contributed by atoms with Crippen LogP contribution in [0.2, 0.25) is 0 Å². The first-order valence-corrected chi connectivity index (χ1v) is 10.1. The van der Waals surface area contributed by atoms with E-state index in [1.54, 1.807) is 12.1 Å². The first-order chi connectivity index (χ1) is 12.5. The maximum absolute atomic E-state index is 12.0. The van der Waals surface area contributed by atoms with Crippen LogP contribution >= 0.6 is 0 Å². The number of hydrogen-bond donors (Lipinski definition) is 2. The molecule has 0 radical (unpaired) electrons. The SMILES string of the molecule is O=C(O)CNS(=O)(=O)c1ccc(N2CCC(c3ccccc3)CC2)cc1. The zero-order valence-corrected chi connectivity index (χ0v) is 15.2. The van der Waals surface area contributed by atoms with Gasteiger partial charge in [0.05, 0.1) is 4.90 Å². The molecule has 1 aliphatic rings. The standard InChI is InChI=1S/C19H22N2O4S/c22-19(23)14-20-26(24,25)18-8-6-17(7-9-18)21-12-10-16(11-13-21)15-4-2-1-3-5-15/h1-9,16,20H,10-14H2,(H,22,23). The number of carboxylic acid groups (broad SMARTS) is 1. The molecule has 0 aromatic heterocycles. The summed E-state index contributed by atoms with van der Waals surface area (Å²) < 4.78 is 26.1. The molecular weight excluding hydrogens is 352 g/mol. The van der Waals surface area contributed by atoms with E-state index < -0.39 is 22.5 Å². The number of carboxylic acids is 1. The Balaban J connectivity index is 1.62. The highest BCUT2D eigenvalue weighted by Crippen LogP contribution is 2.30. The molecule has 3 rings (SSSR count). The average molecular weight is 374 g/mol. The molecule has 2 N–H and O–H groups in total. The van der Waals surface area contributed by atoms with Crippen molar-refractivity contribution in [3.8, 4) is 0 Å². The van der Waals surface area contributed by atoms with Crippen molar-refractivity contribution in [3.63, 3.8) is 0 Å². The Morgan fingerprint density at radius 2 is 1.65 bits per heavy atom. The molecule has 1 saturated heterocycles. The van der Waals surface area contributed by atoms with E-state index in [0.29, 0.717) is 5.92 Å². The first kappa shape index (κ1) is 18.4. The molecule has 0 aliphatic carbocycles. The zero-order valence-electron chi connectivity index (χ0n) is 14.3. The summed E-state index contributed by atoms with van der Waals surface area (Å²) in [7, 11) is -3.80. The molecule has 1 heterocycles. The second-order valence-electron chi connectivity index (χ2n) is 6.38. The van der Waals surface area contributed by atoms with Crippen molar-refractivity contribution in [2.75, 3.05) is 24.5 Å². The number of rotatable bonds is 6. The number of aliphatic carboxylic acids is 1. The third kappa shape index (κ3) is 4.42. The van der Waals surface area contributed by atoms with E-state index in [1.807, 2.05) is 6.07 Å². The molecule has 2 aromatic carbocycles. The summed E-state index contributed by atoms with van der Waals surface area (Å²) in [6.45, 7) is 1.21. The number of nitrogens with one attached hydrogen (secondary N) is 1. The smallest absolute Gasteiger partial charge is 0.318 e. The molecule has 0 unspecified atom stereocenters. The highest BCUT2D eigenvalue weighted by Gasteiger charge is 2.21. The molecule has 138 valence electrons. The van der Waals surface area contributed by atoms with Gasteiger partial charge in [-0.25, -0.2) is 8.42 Å². The molecule has 0 spiro atoms. The van der Waals surface area contributed by atoms with Crippen molar-refractivity contribution in [2.45, 2.75) is 23.7 Å². The fourth-order valence-corrected chi connectivity index (χ4v) is 4.25. The van der Waals surface area contributed by atoms with E-state index >= 15 is 0 Å². The van der Waals surface area contributed by atoms with Crippen LogP contribution in [0, 0.1) is 0 Å². The Hall–Kier alpha value is -2.38. The van der Waals surface area contributed by atoms with Gasteiger partial charge in [0, 0.05) is 18.8 Å². The minimum Gasteiger partial charge on any atom is -0.480 e. The zero-order chi connectivity index (χ0) is 18.6. The van der Waals surface area contributed by atoms with Crippen molar-refractivity contribution >= 4 is 21.7 Å². The third-order valence-electron chi connectivity index (χ3n) is 4.69. The van der Waals surface area contributed by atoms with Crippen LogP contribution in [0.1, 0.15) is 24.3 Å². The van der Waals surface area contributed by atoms with Gasteiger partial charge in [-0.1, -0.05) is 30.3 Å². The Labute approximate surface area is 153 Å². The average Bonchev–Trinajstić information content (AvgIpc) is 2.67. The number of nitrogens with zero attached hydrogens (tertiary/aromatic N) is 1. The van der Waals surface area contributed by atoms with Gasteiger partial charge in [-0.05, 0) is 48.6 Å². The minimum absolute atomic E-state index is 0.0710. The summed E-state index contributed by atoms with van der Waals surface area (Å²) in [5.74, 6) is -0.654. The van der Waals surface area contributed by atoms with Crippen molar-refractivity contribution in [1.82, 2.24) is 4.72 Å².